The molecule has 1 heterocycles. The molecule has 1 aliphatic carbocycles. The molecule has 0 unspecified atom stereocenters. The van der Waals surface area contributed by atoms with Crippen LogP contribution in [0.5, 0.6) is 5.88 Å². The first-order chi connectivity index (χ1) is 14.4. The summed E-state index contributed by atoms with van der Waals surface area (Å²) in [5, 5.41) is 11.4. The normalized spacial score (nSPS) is 17.4. The van der Waals surface area contributed by atoms with Crippen LogP contribution in [0.3, 0.4) is 0 Å². The second-order valence-corrected chi connectivity index (χ2v) is 11.6. The van der Waals surface area contributed by atoms with Crippen LogP contribution < -0.4 is 4.87 Å². The van der Waals surface area contributed by atoms with Gasteiger partial charge in [0.1, 0.15) is 0 Å². The Bertz CT molecular complexity index is 1160. The van der Waals surface area contributed by atoms with Crippen molar-refractivity contribution in [2.75, 3.05) is 0 Å². The van der Waals surface area contributed by atoms with Crippen molar-refractivity contribution in [1.82, 2.24) is 4.57 Å². The summed E-state index contributed by atoms with van der Waals surface area (Å²) < 4.78 is 1.40. The van der Waals surface area contributed by atoms with Gasteiger partial charge in [0.05, 0.1) is 11.9 Å². The lowest BCUT2D eigenvalue weighted by Crippen LogP contribution is -2.34. The van der Waals surface area contributed by atoms with E-state index in [-0.39, 0.29) is 27.0 Å². The van der Waals surface area contributed by atoms with Gasteiger partial charge in [-0.15, -0.1) is 0 Å². The zero-order valence-corrected chi connectivity index (χ0v) is 20.3. The van der Waals surface area contributed by atoms with Crippen LogP contribution >= 0.6 is 11.3 Å². The van der Waals surface area contributed by atoms with Crippen LogP contribution in [-0.4, -0.2) is 9.67 Å². The van der Waals surface area contributed by atoms with Gasteiger partial charge in [0.2, 0.25) is 5.88 Å². The molecule has 1 N–H and O–H groups in total. The average Bonchev–Trinajstić information content (AvgIpc) is 3.04. The van der Waals surface area contributed by atoms with E-state index in [0.29, 0.717) is 6.54 Å². The molecule has 0 radical (unpaired) electrons. The minimum absolute atomic E-state index is 0.0269. The number of rotatable bonds is 4. The number of hydrogen-bond donors (Lipinski definition) is 1. The van der Waals surface area contributed by atoms with Crippen molar-refractivity contribution >= 4 is 11.3 Å². The van der Waals surface area contributed by atoms with Crippen molar-refractivity contribution in [2.45, 2.75) is 77.2 Å². The third-order valence-corrected chi connectivity index (χ3v) is 8.10. The van der Waals surface area contributed by atoms with Gasteiger partial charge in [0.25, 0.3) is 0 Å². The van der Waals surface area contributed by atoms with Gasteiger partial charge < -0.3 is 5.11 Å². The number of thiazole rings is 1. The average molecular weight is 436 g/mol. The molecule has 0 bridgehead atoms. The van der Waals surface area contributed by atoms with Gasteiger partial charge in [0, 0.05) is 5.41 Å². The fourth-order valence-electron chi connectivity index (χ4n) is 4.82. The zero-order chi connectivity index (χ0) is 22.6. The largest absolute Gasteiger partial charge is 0.494 e. The molecule has 0 fully saturated rings. The third-order valence-electron chi connectivity index (χ3n) is 7.35. The first-order valence-corrected chi connectivity index (χ1v) is 11.9. The maximum atomic E-state index is 11.9. The van der Waals surface area contributed by atoms with Crippen LogP contribution in [0, 0.1) is 0 Å². The van der Waals surface area contributed by atoms with Crippen molar-refractivity contribution in [3.05, 3.63) is 85.3 Å². The molecule has 2 aromatic carbocycles. The predicted octanol–water partition coefficient (Wildman–Crippen LogP) is 6.34. The molecule has 3 nitrogen and oxygen atoms in total. The molecule has 164 valence electrons. The Balaban J connectivity index is 1.67. The maximum absolute atomic E-state index is 11.9. The van der Waals surface area contributed by atoms with Crippen LogP contribution in [0.15, 0.2) is 52.6 Å². The summed E-state index contributed by atoms with van der Waals surface area (Å²) in [7, 11) is 0. The van der Waals surface area contributed by atoms with E-state index in [4.69, 9.17) is 0 Å². The van der Waals surface area contributed by atoms with E-state index in [1.807, 2.05) is 0 Å². The quantitative estimate of drug-likeness (QED) is 0.520. The van der Waals surface area contributed by atoms with Crippen molar-refractivity contribution in [3.63, 3.8) is 0 Å². The highest BCUT2D eigenvalue weighted by Gasteiger charge is 2.38. The van der Waals surface area contributed by atoms with E-state index in [9.17, 15) is 9.90 Å². The molecule has 4 rings (SSSR count). The van der Waals surface area contributed by atoms with Crippen molar-refractivity contribution in [1.29, 1.82) is 0 Å². The number of benzene rings is 2. The monoisotopic (exact) mass is 435 g/mol. The highest BCUT2D eigenvalue weighted by atomic mass is 32.1. The van der Waals surface area contributed by atoms with E-state index in [0.717, 1.165) is 16.9 Å². The lowest BCUT2D eigenvalue weighted by Gasteiger charge is -2.43. The summed E-state index contributed by atoms with van der Waals surface area (Å²) >= 11 is 1.02. The lowest BCUT2D eigenvalue weighted by atomic mass is 9.62. The molecule has 3 aromatic rings. The van der Waals surface area contributed by atoms with E-state index >= 15 is 0 Å². The fourth-order valence-corrected chi connectivity index (χ4v) is 5.44. The summed E-state index contributed by atoms with van der Waals surface area (Å²) in [5.74, 6) is 0.0269. The number of aromatic nitrogens is 1. The van der Waals surface area contributed by atoms with Crippen molar-refractivity contribution in [2.24, 2.45) is 0 Å². The molecule has 0 amide bonds. The summed E-state index contributed by atoms with van der Waals surface area (Å²) in [6, 6.07) is 15.5. The van der Waals surface area contributed by atoms with Crippen LogP contribution in [0.2, 0.25) is 0 Å². The maximum Gasteiger partial charge on any atom is 0.310 e. The molecule has 0 spiro atoms. The van der Waals surface area contributed by atoms with Crippen LogP contribution in [0.4, 0.5) is 0 Å². The highest BCUT2D eigenvalue weighted by Crippen LogP contribution is 2.47. The van der Waals surface area contributed by atoms with Gasteiger partial charge in [-0.1, -0.05) is 95.3 Å². The summed E-state index contributed by atoms with van der Waals surface area (Å²) in [6.07, 6.45) is 2.43. The zero-order valence-electron chi connectivity index (χ0n) is 19.5. The SMILES string of the molecule is CC1(C)CCC(C)(C)c2cc(C(C)(C)c3ccc(Cn4c(O)csc4=O)cc3)ccc21. The minimum atomic E-state index is -0.137. The number of nitrogens with zero attached hydrogens (tertiary/aromatic N) is 1. The third kappa shape index (κ3) is 3.87. The predicted molar refractivity (Wildman–Crippen MR) is 130 cm³/mol. The molecule has 0 saturated heterocycles. The second kappa shape index (κ2) is 7.37. The molecular weight excluding hydrogens is 402 g/mol. The topological polar surface area (TPSA) is 42.2 Å². The van der Waals surface area contributed by atoms with Gasteiger partial charge in [-0.2, -0.15) is 0 Å². The van der Waals surface area contributed by atoms with Gasteiger partial charge in [-0.25, -0.2) is 0 Å². The Hall–Kier alpha value is -2.33. The Kier molecular flexibility index (Phi) is 5.20. The van der Waals surface area contributed by atoms with Crippen molar-refractivity contribution < 1.29 is 5.11 Å². The smallest absolute Gasteiger partial charge is 0.310 e. The standard InChI is InChI=1S/C27H33NO2S/c1-25(2)13-14-26(3,4)22-15-20(11-12-21(22)25)27(5,6)19-9-7-18(8-10-19)16-28-23(29)17-31-24(28)30/h7-12,15,17,29H,13-14,16H2,1-6H3. The number of hydrogen-bond acceptors (Lipinski definition) is 3. The first kappa shape index (κ1) is 21.9. The van der Waals surface area contributed by atoms with E-state index in [1.54, 1.807) is 0 Å². The second-order valence-electron chi connectivity index (χ2n) is 10.8. The Morgan fingerprint density at radius 1 is 0.935 bits per heavy atom. The fraction of sp³-hybridized carbons (Fsp3) is 0.444. The molecule has 1 aromatic heterocycles. The Labute approximate surface area is 189 Å². The molecule has 0 atom stereocenters. The van der Waals surface area contributed by atoms with Crippen molar-refractivity contribution in [3.8, 4) is 5.88 Å². The lowest BCUT2D eigenvalue weighted by molar-refractivity contribution is 0.331. The number of fused-ring (bicyclic) bond motifs is 1. The van der Waals surface area contributed by atoms with Crippen LogP contribution in [0.25, 0.3) is 0 Å². The van der Waals surface area contributed by atoms with E-state index in [2.05, 4.69) is 84.0 Å². The van der Waals surface area contributed by atoms with Crippen LogP contribution in [0.1, 0.15) is 82.2 Å². The molecule has 0 aliphatic heterocycles. The van der Waals surface area contributed by atoms with Gasteiger partial charge in [0.15, 0.2) is 0 Å². The molecule has 0 saturated carbocycles. The van der Waals surface area contributed by atoms with Gasteiger partial charge in [-0.3, -0.25) is 9.36 Å². The summed E-state index contributed by atoms with van der Waals surface area (Å²) in [6.45, 7) is 14.4. The van der Waals surface area contributed by atoms with Gasteiger partial charge in [-0.05, 0) is 51.5 Å². The molecule has 31 heavy (non-hydrogen) atoms. The minimum Gasteiger partial charge on any atom is -0.494 e. The summed E-state index contributed by atoms with van der Waals surface area (Å²) in [5.41, 5.74) is 6.83. The molecule has 4 heteroatoms. The van der Waals surface area contributed by atoms with Crippen LogP contribution in [-0.2, 0) is 22.8 Å². The first-order valence-electron chi connectivity index (χ1n) is 11.0. The van der Waals surface area contributed by atoms with E-state index in [1.165, 1.54) is 45.0 Å². The Morgan fingerprint density at radius 3 is 2.10 bits per heavy atom. The Morgan fingerprint density at radius 2 is 1.52 bits per heavy atom. The van der Waals surface area contributed by atoms with Gasteiger partial charge >= 0.3 is 4.87 Å². The highest BCUT2D eigenvalue weighted by molar-refractivity contribution is 7.07. The van der Waals surface area contributed by atoms with E-state index < -0.39 is 0 Å². The number of aromatic hydroxyl groups is 1. The molecule has 1 aliphatic rings. The summed E-state index contributed by atoms with van der Waals surface area (Å²) in [4.78, 5) is 11.8. The molecular formula is C27H33NO2S.